The molecule has 0 atom stereocenters. The lowest BCUT2D eigenvalue weighted by Gasteiger charge is -2.08. The molecule has 1 N–H and O–H groups in total. The molecule has 6 nitrogen and oxygen atoms in total. The number of carbonyl (C=O) groups is 1. The third kappa shape index (κ3) is 2.75. The Morgan fingerprint density at radius 2 is 1.76 bits per heavy atom. The lowest BCUT2D eigenvalue weighted by Crippen LogP contribution is -2.23. The van der Waals surface area contributed by atoms with Crippen molar-refractivity contribution >= 4 is 15.8 Å². The van der Waals surface area contributed by atoms with Crippen LogP contribution in [0.5, 0.6) is 0 Å². The molecule has 0 fully saturated rings. The molecule has 10 heteroatoms. The van der Waals surface area contributed by atoms with Crippen LogP contribution < -0.4 is 0 Å². The molecule has 1 heterocycles. The van der Waals surface area contributed by atoms with Gasteiger partial charge in [0.05, 0.1) is 4.90 Å². The number of nitrogens with zero attached hydrogens (tertiary/aromatic N) is 2. The average molecular weight is 320 g/mol. The molecule has 1 aromatic heterocycles. The second kappa shape index (κ2) is 4.88. The number of benzene rings is 1. The van der Waals surface area contributed by atoms with Crippen molar-refractivity contribution in [2.45, 2.75) is 10.4 Å². The largest absolute Gasteiger partial charge is 0.501 e. The first kappa shape index (κ1) is 15.0. The van der Waals surface area contributed by atoms with E-state index in [1.165, 1.54) is 4.57 Å². The van der Waals surface area contributed by atoms with Gasteiger partial charge < -0.3 is 9.67 Å². The highest BCUT2D eigenvalue weighted by atomic mass is 32.2. The van der Waals surface area contributed by atoms with Gasteiger partial charge in [-0.1, -0.05) is 0 Å². The number of imidazole rings is 1. The van der Waals surface area contributed by atoms with Crippen LogP contribution >= 0.6 is 0 Å². The molecule has 0 spiro atoms. The smallest absolute Gasteiger partial charge is 0.476 e. The highest BCUT2D eigenvalue weighted by molar-refractivity contribution is 7.92. The molecule has 0 unspecified atom stereocenters. The minimum Gasteiger partial charge on any atom is -0.476 e. The van der Waals surface area contributed by atoms with Crippen LogP contribution in [0.3, 0.4) is 0 Å². The topological polar surface area (TPSA) is 89.3 Å². The zero-order valence-electron chi connectivity index (χ0n) is 10.1. The molecule has 0 amide bonds. The summed E-state index contributed by atoms with van der Waals surface area (Å²) in [5, 5.41) is 8.71. The van der Waals surface area contributed by atoms with E-state index in [4.69, 9.17) is 5.11 Å². The summed E-state index contributed by atoms with van der Waals surface area (Å²) in [6.07, 6.45) is 2.30. The molecule has 21 heavy (non-hydrogen) atoms. The summed E-state index contributed by atoms with van der Waals surface area (Å²) < 4.78 is 60.7. The first-order valence-electron chi connectivity index (χ1n) is 5.32. The Kier molecular flexibility index (Phi) is 3.49. The predicted octanol–water partition coefficient (Wildman–Crippen LogP) is 1.86. The lowest BCUT2D eigenvalue weighted by molar-refractivity contribution is -0.0436. The molecule has 2 rings (SSSR count). The van der Waals surface area contributed by atoms with Crippen LogP contribution in [0.25, 0.3) is 5.69 Å². The van der Waals surface area contributed by atoms with Gasteiger partial charge >= 0.3 is 11.5 Å². The van der Waals surface area contributed by atoms with Gasteiger partial charge in [0.25, 0.3) is 9.84 Å². The molecule has 0 saturated heterocycles. The maximum Gasteiger partial charge on any atom is 0.501 e. The first-order chi connectivity index (χ1) is 9.63. The number of carboxylic acids is 1. The van der Waals surface area contributed by atoms with E-state index < -0.39 is 26.2 Å². The van der Waals surface area contributed by atoms with Gasteiger partial charge in [-0.25, -0.2) is 18.2 Å². The van der Waals surface area contributed by atoms with Gasteiger partial charge in [-0.05, 0) is 24.3 Å². The normalized spacial score (nSPS) is 12.3. The number of rotatable bonds is 3. The monoisotopic (exact) mass is 320 g/mol. The predicted molar refractivity (Wildman–Crippen MR) is 63.8 cm³/mol. The summed E-state index contributed by atoms with van der Waals surface area (Å²) in [4.78, 5) is 13.3. The van der Waals surface area contributed by atoms with Crippen LogP contribution in [0.4, 0.5) is 13.2 Å². The fourth-order valence-corrected chi connectivity index (χ4v) is 2.27. The molecule has 0 bridgehead atoms. The standard InChI is InChI=1S/C11H7F3N2O4S/c12-11(13,14)21(19,20)8-3-1-7(2-4-8)16-5-9(10(17)18)15-6-16/h1-6H,(H,17,18). The zero-order chi connectivity index (χ0) is 15.8. The van der Waals surface area contributed by atoms with Crippen molar-refractivity contribution in [2.24, 2.45) is 0 Å². The van der Waals surface area contributed by atoms with Gasteiger partial charge in [0.1, 0.15) is 6.33 Å². The number of alkyl halides is 3. The third-order valence-corrected chi connectivity index (χ3v) is 4.05. The van der Waals surface area contributed by atoms with E-state index in [0.717, 1.165) is 36.8 Å². The van der Waals surface area contributed by atoms with Gasteiger partial charge in [0.15, 0.2) is 5.69 Å². The fraction of sp³-hybridized carbons (Fsp3) is 0.0909. The number of carboxylic acid groups (broad SMARTS) is 1. The fourth-order valence-electron chi connectivity index (χ4n) is 1.51. The van der Waals surface area contributed by atoms with E-state index in [2.05, 4.69) is 4.98 Å². The second-order valence-electron chi connectivity index (χ2n) is 3.91. The number of aromatic carboxylic acids is 1. The van der Waals surface area contributed by atoms with Crippen molar-refractivity contribution < 1.29 is 31.5 Å². The molecule has 0 aliphatic carbocycles. The van der Waals surface area contributed by atoms with Crippen LogP contribution in [-0.2, 0) is 9.84 Å². The van der Waals surface area contributed by atoms with Crippen LogP contribution in [0.2, 0.25) is 0 Å². The van der Waals surface area contributed by atoms with E-state index in [-0.39, 0.29) is 11.4 Å². The number of hydrogen-bond donors (Lipinski definition) is 1. The Hall–Kier alpha value is -2.36. The number of sulfone groups is 1. The van der Waals surface area contributed by atoms with Crippen molar-refractivity contribution in [3.8, 4) is 5.69 Å². The van der Waals surface area contributed by atoms with Crippen LogP contribution in [-0.4, -0.2) is 34.6 Å². The van der Waals surface area contributed by atoms with E-state index in [1.54, 1.807) is 0 Å². The molecule has 112 valence electrons. The summed E-state index contributed by atoms with van der Waals surface area (Å²) in [5.74, 6) is -1.26. The minimum absolute atomic E-state index is 0.248. The zero-order valence-corrected chi connectivity index (χ0v) is 10.9. The van der Waals surface area contributed by atoms with Crippen LogP contribution in [0.15, 0.2) is 41.7 Å². The summed E-state index contributed by atoms with van der Waals surface area (Å²) in [5.41, 5.74) is -5.35. The molecule has 1 aromatic carbocycles. The quantitative estimate of drug-likeness (QED) is 0.932. The Bertz CT molecular complexity index is 779. The van der Waals surface area contributed by atoms with Gasteiger partial charge in [-0.2, -0.15) is 13.2 Å². The summed E-state index contributed by atoms with van der Waals surface area (Å²) in [6, 6.07) is 3.81. The minimum atomic E-state index is -5.40. The van der Waals surface area contributed by atoms with Gasteiger partial charge in [0, 0.05) is 11.9 Å². The van der Waals surface area contributed by atoms with E-state index in [1.807, 2.05) is 0 Å². The van der Waals surface area contributed by atoms with Crippen molar-refractivity contribution in [2.75, 3.05) is 0 Å². The van der Waals surface area contributed by atoms with E-state index in [9.17, 15) is 26.4 Å². The maximum atomic E-state index is 12.4. The highest BCUT2D eigenvalue weighted by Crippen LogP contribution is 2.30. The first-order valence-corrected chi connectivity index (χ1v) is 6.80. The molecule has 0 radical (unpaired) electrons. The summed E-state index contributed by atoms with van der Waals surface area (Å²) >= 11 is 0. The summed E-state index contributed by atoms with van der Waals surface area (Å²) in [6.45, 7) is 0. The molecule has 2 aromatic rings. The average Bonchev–Trinajstić information content (AvgIpc) is 2.87. The van der Waals surface area contributed by atoms with Crippen molar-refractivity contribution in [1.29, 1.82) is 0 Å². The molecule has 0 aliphatic heterocycles. The Balaban J connectivity index is 2.37. The van der Waals surface area contributed by atoms with Gasteiger partial charge in [-0.15, -0.1) is 0 Å². The van der Waals surface area contributed by atoms with E-state index >= 15 is 0 Å². The Morgan fingerprint density at radius 3 is 2.19 bits per heavy atom. The van der Waals surface area contributed by atoms with Crippen molar-refractivity contribution in [1.82, 2.24) is 9.55 Å². The van der Waals surface area contributed by atoms with E-state index in [0.29, 0.717) is 0 Å². The molecular weight excluding hydrogens is 313 g/mol. The Labute approximate surface area is 116 Å². The number of halogens is 3. The molecular formula is C11H7F3N2O4S. The molecule has 0 aliphatic rings. The lowest BCUT2D eigenvalue weighted by atomic mass is 10.3. The SMILES string of the molecule is O=C(O)c1cn(-c2ccc(S(=O)(=O)C(F)(F)F)cc2)cn1. The number of aromatic nitrogens is 2. The third-order valence-electron chi connectivity index (χ3n) is 2.55. The molecule has 0 saturated carbocycles. The van der Waals surface area contributed by atoms with Crippen molar-refractivity contribution in [3.63, 3.8) is 0 Å². The van der Waals surface area contributed by atoms with Gasteiger partial charge in [0.2, 0.25) is 0 Å². The van der Waals surface area contributed by atoms with Crippen LogP contribution in [0, 0.1) is 0 Å². The van der Waals surface area contributed by atoms with Gasteiger partial charge in [-0.3, -0.25) is 0 Å². The summed E-state index contributed by atoms with van der Waals surface area (Å²) in [7, 11) is -5.40. The maximum absolute atomic E-state index is 12.4. The highest BCUT2D eigenvalue weighted by Gasteiger charge is 2.46. The second-order valence-corrected chi connectivity index (χ2v) is 5.86. The Morgan fingerprint density at radius 1 is 1.19 bits per heavy atom. The van der Waals surface area contributed by atoms with Crippen molar-refractivity contribution in [3.05, 3.63) is 42.5 Å². The van der Waals surface area contributed by atoms with Crippen LogP contribution in [0.1, 0.15) is 10.5 Å². The number of hydrogen-bond acceptors (Lipinski definition) is 4.